The van der Waals surface area contributed by atoms with Gasteiger partial charge in [0, 0.05) is 12.8 Å². The zero-order valence-corrected chi connectivity index (χ0v) is 67.7. The summed E-state index contributed by atoms with van der Waals surface area (Å²) in [5.41, 5.74) is 0. The normalized spacial score (nSPS) is 12.5. The van der Waals surface area contributed by atoms with Gasteiger partial charge in [0.15, 0.2) is 6.10 Å². The maximum Gasteiger partial charge on any atom is 0.361 e. The molecule has 9 nitrogen and oxygen atoms in total. The quantitative estimate of drug-likeness (QED) is 0.0211. The van der Waals surface area contributed by atoms with E-state index in [1.54, 1.807) is 0 Å². The molecule has 0 aromatic rings. The van der Waals surface area contributed by atoms with Crippen molar-refractivity contribution >= 4 is 17.9 Å². The van der Waals surface area contributed by atoms with Gasteiger partial charge in [-0.3, -0.25) is 9.59 Å². The number of carboxylic acids is 1. The van der Waals surface area contributed by atoms with Gasteiger partial charge >= 0.3 is 17.9 Å². The number of esters is 2. The van der Waals surface area contributed by atoms with Crippen LogP contribution in [0.2, 0.25) is 0 Å². The fraction of sp³-hybridized carbons (Fsp3) is 0.944. The van der Waals surface area contributed by atoms with Gasteiger partial charge in [0.1, 0.15) is 13.2 Å². The standard InChI is InChI=1S/C90H175NO8/c1-6-8-10-12-14-16-18-20-22-24-26-28-30-32-34-36-38-40-41-42-43-44-45-46-47-49-50-52-54-56-58-60-62-64-66-68-70-72-74-76-78-80-87(92)97-84-86(85-98-90(89(94)95)96-83-82-91(3,4)5)99-88(93)81-79-77-75-73-71-69-67-65-63-61-59-57-55-53-51-48-39-37-35-33-31-29-27-25-23-21-19-17-15-13-11-9-7-2/h25,27,86,90H,6-24,26,28-85H2,1-5H3/p+1/b27-25-. The van der Waals surface area contributed by atoms with Crippen LogP contribution < -0.4 is 0 Å². The van der Waals surface area contributed by atoms with Crippen molar-refractivity contribution < 1.29 is 42.9 Å². The highest BCUT2D eigenvalue weighted by Crippen LogP contribution is 2.22. The van der Waals surface area contributed by atoms with Gasteiger partial charge in [-0.05, 0) is 38.5 Å². The smallest absolute Gasteiger partial charge is 0.361 e. The second-order valence-corrected chi connectivity index (χ2v) is 32.3. The second kappa shape index (κ2) is 81.7. The molecule has 2 atom stereocenters. The lowest BCUT2D eigenvalue weighted by atomic mass is 10.0. The largest absolute Gasteiger partial charge is 0.477 e. The molecule has 0 saturated heterocycles. The third-order valence-electron chi connectivity index (χ3n) is 21.0. The van der Waals surface area contributed by atoms with E-state index >= 15 is 0 Å². The van der Waals surface area contributed by atoms with Crippen LogP contribution in [0.3, 0.4) is 0 Å². The lowest BCUT2D eigenvalue weighted by Crippen LogP contribution is -2.40. The number of rotatable bonds is 86. The van der Waals surface area contributed by atoms with E-state index in [1.807, 2.05) is 21.1 Å². The average molecular weight is 1400 g/mol. The predicted octanol–water partition coefficient (Wildman–Crippen LogP) is 29.1. The van der Waals surface area contributed by atoms with E-state index in [9.17, 15) is 19.5 Å². The Morgan fingerprint density at radius 3 is 0.747 bits per heavy atom. The molecule has 0 saturated carbocycles. The number of carboxylic acid groups (broad SMARTS) is 1. The first-order valence-electron chi connectivity index (χ1n) is 44.9. The Labute approximate surface area is 618 Å². The minimum Gasteiger partial charge on any atom is -0.477 e. The Balaban J connectivity index is 3.87. The van der Waals surface area contributed by atoms with E-state index in [0.29, 0.717) is 17.4 Å². The van der Waals surface area contributed by atoms with Crippen molar-refractivity contribution in [3.05, 3.63) is 12.2 Å². The molecule has 2 unspecified atom stereocenters. The summed E-state index contributed by atoms with van der Waals surface area (Å²) in [5.74, 6) is -1.96. The van der Waals surface area contributed by atoms with E-state index in [1.165, 1.54) is 424 Å². The van der Waals surface area contributed by atoms with Crippen LogP contribution in [-0.2, 0) is 33.3 Å². The summed E-state index contributed by atoms with van der Waals surface area (Å²) in [7, 11) is 6.01. The molecule has 99 heavy (non-hydrogen) atoms. The first kappa shape index (κ1) is 97.0. The summed E-state index contributed by atoms with van der Waals surface area (Å²) in [6.07, 6.45) is 101. The fourth-order valence-corrected chi connectivity index (χ4v) is 14.2. The highest BCUT2D eigenvalue weighted by Gasteiger charge is 2.25. The van der Waals surface area contributed by atoms with Crippen LogP contribution in [0, 0.1) is 0 Å². The molecule has 0 radical (unpaired) electrons. The van der Waals surface area contributed by atoms with Gasteiger partial charge in [0.25, 0.3) is 6.29 Å². The summed E-state index contributed by atoms with van der Waals surface area (Å²) in [5, 5.41) is 9.79. The van der Waals surface area contributed by atoms with Crippen molar-refractivity contribution in [2.45, 2.75) is 501 Å². The van der Waals surface area contributed by atoms with Gasteiger partial charge < -0.3 is 28.5 Å². The zero-order valence-electron chi connectivity index (χ0n) is 67.7. The number of hydrogen-bond donors (Lipinski definition) is 1. The van der Waals surface area contributed by atoms with Gasteiger partial charge in [-0.15, -0.1) is 0 Å². The first-order valence-corrected chi connectivity index (χ1v) is 44.9. The summed E-state index contributed by atoms with van der Waals surface area (Å²) in [6, 6.07) is 0. The lowest BCUT2D eigenvalue weighted by Gasteiger charge is -2.25. The van der Waals surface area contributed by atoms with E-state index in [4.69, 9.17) is 18.9 Å². The van der Waals surface area contributed by atoms with Gasteiger partial charge in [0.2, 0.25) is 0 Å². The third kappa shape index (κ3) is 83.2. The minimum absolute atomic E-state index is 0.173. The first-order chi connectivity index (χ1) is 48.6. The molecule has 1 N–H and O–H groups in total. The number of carbonyl (C=O) groups excluding carboxylic acids is 2. The van der Waals surface area contributed by atoms with Crippen LogP contribution in [0.1, 0.15) is 489 Å². The second-order valence-electron chi connectivity index (χ2n) is 32.3. The molecule has 0 amide bonds. The van der Waals surface area contributed by atoms with Crippen LogP contribution in [0.5, 0.6) is 0 Å². The van der Waals surface area contributed by atoms with Crippen molar-refractivity contribution in [2.24, 2.45) is 0 Å². The fourth-order valence-electron chi connectivity index (χ4n) is 14.2. The van der Waals surface area contributed by atoms with Crippen LogP contribution in [-0.4, -0.2) is 87.4 Å². The lowest BCUT2D eigenvalue weighted by molar-refractivity contribution is -0.870. The molecule has 0 aliphatic heterocycles. The molecular weight excluding hydrogens is 1220 g/mol. The van der Waals surface area contributed by atoms with Crippen molar-refractivity contribution in [1.29, 1.82) is 0 Å². The molecule has 0 aromatic carbocycles. The average Bonchev–Trinajstić information content (AvgIpc) is 1.57. The number of ether oxygens (including phenoxy) is 4. The van der Waals surface area contributed by atoms with Gasteiger partial charge in [-0.25, -0.2) is 4.79 Å². The molecule has 0 aromatic heterocycles. The highest BCUT2D eigenvalue weighted by atomic mass is 16.7. The van der Waals surface area contributed by atoms with Crippen LogP contribution >= 0.6 is 0 Å². The van der Waals surface area contributed by atoms with Crippen molar-refractivity contribution in [1.82, 2.24) is 0 Å². The van der Waals surface area contributed by atoms with Crippen LogP contribution in [0.25, 0.3) is 0 Å². The van der Waals surface area contributed by atoms with Gasteiger partial charge in [-0.2, -0.15) is 0 Å². The van der Waals surface area contributed by atoms with E-state index < -0.39 is 18.4 Å². The number of unbranched alkanes of at least 4 members (excludes halogenated alkanes) is 69. The number of likely N-dealkylation sites (N-methyl/N-ethyl adjacent to an activating group) is 1. The van der Waals surface area contributed by atoms with Crippen molar-refractivity contribution in [3.63, 3.8) is 0 Å². The van der Waals surface area contributed by atoms with Gasteiger partial charge in [0.05, 0.1) is 34.4 Å². The molecule has 588 valence electrons. The predicted molar refractivity (Wildman–Crippen MR) is 429 cm³/mol. The minimum atomic E-state index is -1.51. The SMILES string of the molecule is CCCCCCCCCC/C=C\CCCCCCCCCCCCCCCCCCCCCCCC(=O)OC(COC(=O)CCCCCCCCCCCCCCCCCCCCCCCCCCCCCCCCCCCCCCCCCCC)COC(OCC[N+](C)(C)C)C(=O)O. The topological polar surface area (TPSA) is 108 Å². The Kier molecular flexibility index (Phi) is 80.1. The molecule has 0 aliphatic rings. The maximum absolute atomic E-state index is 13.0. The summed E-state index contributed by atoms with van der Waals surface area (Å²) < 4.78 is 23.1. The number of hydrogen-bond acceptors (Lipinski definition) is 7. The molecule has 0 fully saturated rings. The Morgan fingerprint density at radius 2 is 0.515 bits per heavy atom. The number of allylic oxidation sites excluding steroid dienone is 2. The zero-order chi connectivity index (χ0) is 71.8. The molecule has 0 bridgehead atoms. The van der Waals surface area contributed by atoms with Crippen molar-refractivity contribution in [2.75, 3.05) is 47.5 Å². The molecule has 0 aliphatic carbocycles. The van der Waals surface area contributed by atoms with Crippen LogP contribution in [0.15, 0.2) is 12.2 Å². The molecular formula is C90H176NO8+. The van der Waals surface area contributed by atoms with Crippen molar-refractivity contribution in [3.8, 4) is 0 Å². The Bertz CT molecular complexity index is 1630. The molecule has 0 spiro atoms. The summed E-state index contributed by atoms with van der Waals surface area (Å²) in [4.78, 5) is 37.8. The van der Waals surface area contributed by atoms with E-state index in [2.05, 4.69) is 26.0 Å². The number of quaternary nitrogens is 1. The highest BCUT2D eigenvalue weighted by molar-refractivity contribution is 5.71. The monoisotopic (exact) mass is 1400 g/mol. The number of carbonyl (C=O) groups is 3. The number of aliphatic carboxylic acids is 1. The van der Waals surface area contributed by atoms with E-state index in [0.717, 1.165) is 38.5 Å². The molecule has 9 heteroatoms. The third-order valence-corrected chi connectivity index (χ3v) is 21.0. The molecule has 0 rings (SSSR count). The van der Waals surface area contributed by atoms with Gasteiger partial charge in [-0.1, -0.05) is 450 Å². The summed E-state index contributed by atoms with van der Waals surface area (Å²) >= 11 is 0. The summed E-state index contributed by atoms with van der Waals surface area (Å²) in [6.45, 7) is 4.98. The Hall–Kier alpha value is -1.97. The number of nitrogens with zero attached hydrogens (tertiary/aromatic N) is 1. The molecule has 0 heterocycles. The Morgan fingerprint density at radius 1 is 0.293 bits per heavy atom. The van der Waals surface area contributed by atoms with E-state index in [-0.39, 0.29) is 38.2 Å². The van der Waals surface area contributed by atoms with Crippen LogP contribution in [0.4, 0.5) is 0 Å². The maximum atomic E-state index is 13.0.